The summed E-state index contributed by atoms with van der Waals surface area (Å²) < 4.78 is 10.7. The molecule has 0 unspecified atom stereocenters. The largest absolute Gasteiger partial charge is 0.381 e. The molecule has 1 aliphatic rings. The number of aryl methyl sites for hydroxylation is 1. The first-order valence-electron chi connectivity index (χ1n) is 10.4. The van der Waals surface area contributed by atoms with Gasteiger partial charge in [0.15, 0.2) is 0 Å². The van der Waals surface area contributed by atoms with Crippen molar-refractivity contribution in [1.82, 2.24) is 20.4 Å². The Kier molecular flexibility index (Phi) is 5.86. The van der Waals surface area contributed by atoms with Gasteiger partial charge in [-0.15, -0.1) is 22.7 Å². The molecule has 0 atom stereocenters. The molecule has 3 aromatic heterocycles. The first-order chi connectivity index (χ1) is 15.6. The number of thiophene rings is 1. The average molecular weight is 467 g/mol. The Morgan fingerprint density at radius 3 is 2.78 bits per heavy atom. The van der Waals surface area contributed by atoms with Crippen LogP contribution in [0.15, 0.2) is 51.7 Å². The molecule has 0 radical (unpaired) electrons. The van der Waals surface area contributed by atoms with E-state index in [0.29, 0.717) is 37.0 Å². The summed E-state index contributed by atoms with van der Waals surface area (Å²) in [5.41, 5.74) is 2.08. The Labute approximate surface area is 193 Å². The van der Waals surface area contributed by atoms with Crippen LogP contribution in [-0.4, -0.2) is 40.8 Å². The molecule has 0 aliphatic carbocycles. The zero-order chi connectivity index (χ0) is 22.0. The molecule has 0 saturated carbocycles. The van der Waals surface area contributed by atoms with E-state index >= 15 is 0 Å². The van der Waals surface area contributed by atoms with Gasteiger partial charge in [-0.05, 0) is 36.4 Å². The number of carbonyl (C=O) groups is 1. The van der Waals surface area contributed by atoms with Crippen LogP contribution in [-0.2, 0) is 10.2 Å². The zero-order valence-corrected chi connectivity index (χ0v) is 19.2. The predicted octanol–water partition coefficient (Wildman–Crippen LogP) is 4.71. The summed E-state index contributed by atoms with van der Waals surface area (Å²) in [4.78, 5) is 23.4. The molecule has 4 heterocycles. The van der Waals surface area contributed by atoms with Crippen molar-refractivity contribution in [3.63, 3.8) is 0 Å². The minimum Gasteiger partial charge on any atom is -0.381 e. The van der Waals surface area contributed by atoms with Crippen LogP contribution in [0.25, 0.3) is 22.0 Å². The lowest BCUT2D eigenvalue weighted by molar-refractivity contribution is 0.0486. The molecule has 1 aliphatic heterocycles. The highest BCUT2D eigenvalue weighted by Crippen LogP contribution is 2.38. The molecule has 5 rings (SSSR count). The summed E-state index contributed by atoms with van der Waals surface area (Å²) in [6.07, 6.45) is 1.65. The van der Waals surface area contributed by atoms with Gasteiger partial charge in [-0.25, -0.2) is 4.98 Å². The fourth-order valence-electron chi connectivity index (χ4n) is 3.85. The van der Waals surface area contributed by atoms with E-state index in [1.807, 2.05) is 18.2 Å². The van der Waals surface area contributed by atoms with E-state index in [-0.39, 0.29) is 11.3 Å². The van der Waals surface area contributed by atoms with Crippen molar-refractivity contribution in [3.05, 3.63) is 63.6 Å². The molecule has 1 saturated heterocycles. The molecule has 0 bridgehead atoms. The quantitative estimate of drug-likeness (QED) is 0.443. The first-order valence-corrected chi connectivity index (χ1v) is 12.2. The number of hydrogen-bond acceptors (Lipinski definition) is 8. The summed E-state index contributed by atoms with van der Waals surface area (Å²) in [7, 11) is 0. The second kappa shape index (κ2) is 8.93. The van der Waals surface area contributed by atoms with Crippen LogP contribution in [0.1, 0.15) is 34.1 Å². The van der Waals surface area contributed by atoms with Crippen molar-refractivity contribution in [2.24, 2.45) is 0 Å². The molecule has 1 aromatic carbocycles. The Morgan fingerprint density at radius 1 is 1.16 bits per heavy atom. The highest BCUT2D eigenvalue weighted by atomic mass is 32.1. The molecule has 4 aromatic rings. The van der Waals surface area contributed by atoms with Crippen molar-refractivity contribution in [2.45, 2.75) is 25.2 Å². The van der Waals surface area contributed by atoms with Gasteiger partial charge in [0.2, 0.25) is 11.7 Å². The molecule has 32 heavy (non-hydrogen) atoms. The Bertz CT molecular complexity index is 1210. The summed E-state index contributed by atoms with van der Waals surface area (Å²) in [5.74, 6) is 0.830. The lowest BCUT2D eigenvalue weighted by Gasteiger charge is -2.35. The Morgan fingerprint density at radius 2 is 2.03 bits per heavy atom. The standard InChI is InChI=1S/C23H22N4O3S2/c1-15-25-20(27-30-15)16-4-2-5-17(12-16)21(28)24-14-23(7-9-29-10-8-23)22-26-18(13-32-22)19-6-3-11-31-19/h2-6,11-13H,7-10,14H2,1H3,(H,24,28). The number of rotatable bonds is 6. The predicted molar refractivity (Wildman–Crippen MR) is 124 cm³/mol. The summed E-state index contributed by atoms with van der Waals surface area (Å²) in [6.45, 7) is 3.58. The number of amides is 1. The number of nitrogens with one attached hydrogen (secondary N) is 1. The molecule has 9 heteroatoms. The van der Waals surface area contributed by atoms with Crippen molar-refractivity contribution in [3.8, 4) is 22.0 Å². The van der Waals surface area contributed by atoms with Crippen LogP contribution in [0.4, 0.5) is 0 Å². The molecule has 1 fully saturated rings. The fraction of sp³-hybridized carbons (Fsp3) is 0.304. The molecular weight excluding hydrogens is 444 g/mol. The maximum atomic E-state index is 13.0. The van der Waals surface area contributed by atoms with Crippen molar-refractivity contribution in [2.75, 3.05) is 19.8 Å². The Balaban J connectivity index is 1.35. The lowest BCUT2D eigenvalue weighted by atomic mass is 9.80. The summed E-state index contributed by atoms with van der Waals surface area (Å²) >= 11 is 3.35. The molecule has 1 amide bonds. The average Bonchev–Trinajstić information content (AvgIpc) is 3.60. The van der Waals surface area contributed by atoms with Gasteiger partial charge < -0.3 is 14.6 Å². The smallest absolute Gasteiger partial charge is 0.251 e. The molecule has 164 valence electrons. The van der Waals surface area contributed by atoms with Crippen LogP contribution in [0.3, 0.4) is 0 Å². The van der Waals surface area contributed by atoms with Crippen LogP contribution >= 0.6 is 22.7 Å². The van der Waals surface area contributed by atoms with Gasteiger partial charge in [0.25, 0.3) is 5.91 Å². The van der Waals surface area contributed by atoms with Gasteiger partial charge in [-0.3, -0.25) is 4.79 Å². The van der Waals surface area contributed by atoms with Gasteiger partial charge >= 0.3 is 0 Å². The van der Waals surface area contributed by atoms with Crippen LogP contribution in [0.2, 0.25) is 0 Å². The molecular formula is C23H22N4O3S2. The highest BCUT2D eigenvalue weighted by Gasteiger charge is 2.38. The highest BCUT2D eigenvalue weighted by molar-refractivity contribution is 7.14. The van der Waals surface area contributed by atoms with Crippen molar-refractivity contribution in [1.29, 1.82) is 0 Å². The summed E-state index contributed by atoms with van der Waals surface area (Å²) in [6, 6.07) is 11.4. The second-order valence-corrected chi connectivity index (χ2v) is 9.61. The molecule has 1 N–H and O–H groups in total. The van der Waals surface area contributed by atoms with Crippen LogP contribution in [0, 0.1) is 6.92 Å². The van der Waals surface area contributed by atoms with Crippen molar-refractivity contribution < 1.29 is 14.1 Å². The maximum Gasteiger partial charge on any atom is 0.251 e. The minimum absolute atomic E-state index is 0.132. The normalized spacial score (nSPS) is 15.5. The summed E-state index contributed by atoms with van der Waals surface area (Å²) in [5, 5.41) is 12.3. The maximum absolute atomic E-state index is 13.0. The van der Waals surface area contributed by atoms with Gasteiger partial charge in [0.1, 0.15) is 5.01 Å². The number of benzene rings is 1. The molecule has 0 spiro atoms. The fourth-order valence-corrected chi connectivity index (χ4v) is 5.69. The van der Waals surface area contributed by atoms with E-state index < -0.39 is 0 Å². The lowest BCUT2D eigenvalue weighted by Crippen LogP contribution is -2.44. The number of nitrogens with zero attached hydrogens (tertiary/aromatic N) is 3. The van der Waals surface area contributed by atoms with E-state index in [0.717, 1.165) is 34.0 Å². The third-order valence-electron chi connectivity index (χ3n) is 5.68. The number of thiazole rings is 1. The minimum atomic E-state index is -0.226. The van der Waals surface area contributed by atoms with Crippen LogP contribution in [0.5, 0.6) is 0 Å². The van der Waals surface area contributed by atoms with E-state index in [2.05, 4.69) is 32.3 Å². The number of hydrogen-bond donors (Lipinski definition) is 1. The Hall–Kier alpha value is -2.88. The number of aromatic nitrogens is 3. The number of ether oxygens (including phenoxy) is 1. The third-order valence-corrected chi connectivity index (χ3v) is 7.66. The molecule has 7 nitrogen and oxygen atoms in total. The van der Waals surface area contributed by atoms with E-state index in [9.17, 15) is 4.79 Å². The number of carbonyl (C=O) groups excluding carboxylic acids is 1. The third kappa shape index (κ3) is 4.23. The van der Waals surface area contributed by atoms with Crippen LogP contribution < -0.4 is 5.32 Å². The van der Waals surface area contributed by atoms with Crippen molar-refractivity contribution >= 4 is 28.6 Å². The van der Waals surface area contributed by atoms with E-state index in [1.54, 1.807) is 41.7 Å². The van der Waals surface area contributed by atoms with Gasteiger partial charge in [0.05, 0.1) is 10.6 Å². The zero-order valence-electron chi connectivity index (χ0n) is 17.5. The van der Waals surface area contributed by atoms with Gasteiger partial charge in [-0.1, -0.05) is 23.4 Å². The topological polar surface area (TPSA) is 90.1 Å². The van der Waals surface area contributed by atoms with E-state index in [4.69, 9.17) is 14.2 Å². The monoisotopic (exact) mass is 466 g/mol. The second-order valence-electron chi connectivity index (χ2n) is 7.81. The van der Waals surface area contributed by atoms with E-state index in [1.165, 1.54) is 0 Å². The first kappa shape index (κ1) is 21.0. The van der Waals surface area contributed by atoms with Gasteiger partial charge in [-0.2, -0.15) is 4.98 Å². The SMILES string of the molecule is Cc1nc(-c2cccc(C(=O)NCC3(c4nc(-c5cccs5)cs4)CCOCC3)c2)no1. The van der Waals surface area contributed by atoms with Gasteiger partial charge in [0, 0.05) is 48.6 Å².